The average molecular weight is 417 g/mol. The van der Waals surface area contributed by atoms with Crippen LogP contribution in [-0.4, -0.2) is 22.4 Å². The molecule has 0 bridgehead atoms. The zero-order valence-electron chi connectivity index (χ0n) is 15.3. The van der Waals surface area contributed by atoms with E-state index in [1.165, 1.54) is 16.0 Å². The number of amides is 1. The van der Waals surface area contributed by atoms with Gasteiger partial charge in [0.2, 0.25) is 5.91 Å². The van der Waals surface area contributed by atoms with Crippen LogP contribution in [0, 0.1) is 0 Å². The second kappa shape index (κ2) is 7.62. The molecule has 0 saturated carbocycles. The molecule has 2 heterocycles. The first-order chi connectivity index (χ1) is 14.2. The highest BCUT2D eigenvalue weighted by atomic mass is 32.1. The summed E-state index contributed by atoms with van der Waals surface area (Å²) in [4.78, 5) is 21.4. The molecule has 0 aliphatic carbocycles. The Morgan fingerprint density at radius 2 is 1.45 bits per heavy atom. The first-order valence-corrected chi connectivity index (χ1v) is 10.7. The summed E-state index contributed by atoms with van der Waals surface area (Å²) in [6.07, 6.45) is 0. The predicted molar refractivity (Wildman–Crippen MR) is 122 cm³/mol. The Kier molecular flexibility index (Phi) is 4.67. The molecule has 1 amide bonds. The van der Waals surface area contributed by atoms with Gasteiger partial charge in [0.05, 0.1) is 27.0 Å². The number of aromatic nitrogens is 2. The maximum atomic E-state index is 12.3. The molecule has 0 spiro atoms. The molecule has 5 nitrogen and oxygen atoms in total. The number of carbonyl (C=O) groups is 1. The van der Waals surface area contributed by atoms with Gasteiger partial charge in [-0.2, -0.15) is 0 Å². The zero-order chi connectivity index (χ0) is 19.6. The fourth-order valence-electron chi connectivity index (χ4n) is 3.00. The van der Waals surface area contributed by atoms with Gasteiger partial charge < -0.3 is 10.6 Å². The fourth-order valence-corrected chi connectivity index (χ4v) is 4.83. The molecule has 5 rings (SSSR count). The number of hydrogen-bond donors (Lipinski definition) is 2. The van der Waals surface area contributed by atoms with Crippen LogP contribution >= 0.6 is 22.7 Å². The van der Waals surface area contributed by atoms with Gasteiger partial charge in [-0.3, -0.25) is 4.79 Å². The molecule has 0 radical (unpaired) electrons. The van der Waals surface area contributed by atoms with Crippen LogP contribution < -0.4 is 10.6 Å². The van der Waals surface area contributed by atoms with Crippen molar-refractivity contribution in [3.63, 3.8) is 0 Å². The SMILES string of the molecule is O=C(CNc1nc2ccccc2s1)Nc1ccc(-c2nc3ccccc3s2)cc1. The highest BCUT2D eigenvalue weighted by molar-refractivity contribution is 7.22. The van der Waals surface area contributed by atoms with Crippen molar-refractivity contribution in [2.45, 2.75) is 0 Å². The molecule has 7 heteroatoms. The number of fused-ring (bicyclic) bond motifs is 2. The Morgan fingerprint density at radius 3 is 2.14 bits per heavy atom. The summed E-state index contributed by atoms with van der Waals surface area (Å²) in [5, 5.41) is 7.72. The number of para-hydroxylation sites is 2. The van der Waals surface area contributed by atoms with E-state index in [4.69, 9.17) is 0 Å². The molecule has 0 atom stereocenters. The van der Waals surface area contributed by atoms with Gasteiger partial charge in [0.25, 0.3) is 0 Å². The van der Waals surface area contributed by atoms with E-state index in [2.05, 4.69) is 26.7 Å². The first kappa shape index (κ1) is 17.8. The van der Waals surface area contributed by atoms with Gasteiger partial charge in [-0.1, -0.05) is 35.6 Å². The third-order valence-electron chi connectivity index (χ3n) is 4.40. The number of benzene rings is 3. The van der Waals surface area contributed by atoms with E-state index in [0.717, 1.165) is 37.1 Å². The van der Waals surface area contributed by atoms with Crippen molar-refractivity contribution in [3.8, 4) is 10.6 Å². The largest absolute Gasteiger partial charge is 0.352 e. The van der Waals surface area contributed by atoms with Crippen molar-refractivity contribution in [2.24, 2.45) is 0 Å². The molecular formula is C22H16N4OS2. The number of rotatable bonds is 5. The maximum Gasteiger partial charge on any atom is 0.243 e. The van der Waals surface area contributed by atoms with Crippen molar-refractivity contribution >= 4 is 59.8 Å². The Morgan fingerprint density at radius 1 is 0.793 bits per heavy atom. The van der Waals surface area contributed by atoms with Gasteiger partial charge in [-0.15, -0.1) is 11.3 Å². The monoisotopic (exact) mass is 416 g/mol. The number of hydrogen-bond acceptors (Lipinski definition) is 6. The Balaban J connectivity index is 1.22. The topological polar surface area (TPSA) is 66.9 Å². The van der Waals surface area contributed by atoms with E-state index in [1.807, 2.05) is 66.7 Å². The van der Waals surface area contributed by atoms with Crippen LogP contribution in [0.15, 0.2) is 72.8 Å². The zero-order valence-corrected chi connectivity index (χ0v) is 16.9. The van der Waals surface area contributed by atoms with Gasteiger partial charge >= 0.3 is 0 Å². The van der Waals surface area contributed by atoms with Gasteiger partial charge in [-0.25, -0.2) is 9.97 Å². The third kappa shape index (κ3) is 3.83. The van der Waals surface area contributed by atoms with Crippen LogP contribution in [0.25, 0.3) is 31.0 Å². The van der Waals surface area contributed by atoms with Crippen LogP contribution in [0.4, 0.5) is 10.8 Å². The number of anilines is 2. The summed E-state index contributed by atoms with van der Waals surface area (Å²) in [6.45, 7) is 0.166. The molecule has 0 unspecified atom stereocenters. The summed E-state index contributed by atoms with van der Waals surface area (Å²) in [5.74, 6) is -0.114. The summed E-state index contributed by atoms with van der Waals surface area (Å²) in [7, 11) is 0. The van der Waals surface area contributed by atoms with Crippen molar-refractivity contribution in [1.29, 1.82) is 0 Å². The molecular weight excluding hydrogens is 400 g/mol. The van der Waals surface area contributed by atoms with E-state index in [1.54, 1.807) is 11.3 Å². The van der Waals surface area contributed by atoms with Crippen molar-refractivity contribution in [3.05, 3.63) is 72.8 Å². The standard InChI is InChI=1S/C22H16N4OS2/c27-20(13-23-22-26-17-6-2-4-8-19(17)29-22)24-15-11-9-14(10-12-15)21-25-16-5-1-3-7-18(16)28-21/h1-12H,13H2,(H,23,26)(H,24,27). The van der Waals surface area contributed by atoms with Gasteiger partial charge in [0, 0.05) is 11.3 Å². The van der Waals surface area contributed by atoms with Crippen molar-refractivity contribution in [2.75, 3.05) is 17.2 Å². The van der Waals surface area contributed by atoms with Crippen LogP contribution in [0.2, 0.25) is 0 Å². The van der Waals surface area contributed by atoms with Crippen LogP contribution in [0.3, 0.4) is 0 Å². The third-order valence-corrected chi connectivity index (χ3v) is 6.48. The molecule has 142 valence electrons. The van der Waals surface area contributed by atoms with E-state index in [0.29, 0.717) is 0 Å². The lowest BCUT2D eigenvalue weighted by atomic mass is 10.2. The second-order valence-electron chi connectivity index (χ2n) is 6.45. The van der Waals surface area contributed by atoms with Gasteiger partial charge in [-0.05, 0) is 48.5 Å². The Bertz CT molecular complexity index is 1240. The van der Waals surface area contributed by atoms with Crippen molar-refractivity contribution < 1.29 is 4.79 Å². The van der Waals surface area contributed by atoms with Crippen LogP contribution in [0.5, 0.6) is 0 Å². The molecule has 5 aromatic rings. The van der Waals surface area contributed by atoms with Gasteiger partial charge in [0.1, 0.15) is 5.01 Å². The fraction of sp³-hybridized carbons (Fsp3) is 0.0455. The minimum atomic E-state index is -0.114. The summed E-state index contributed by atoms with van der Waals surface area (Å²) in [6, 6.07) is 23.8. The minimum absolute atomic E-state index is 0.114. The normalized spacial score (nSPS) is 11.0. The number of carbonyl (C=O) groups excluding carboxylic acids is 1. The van der Waals surface area contributed by atoms with Gasteiger partial charge in [0.15, 0.2) is 5.13 Å². The average Bonchev–Trinajstić information content (AvgIpc) is 3.36. The van der Waals surface area contributed by atoms with Crippen LogP contribution in [-0.2, 0) is 4.79 Å². The number of nitrogens with zero attached hydrogens (tertiary/aromatic N) is 2. The Labute approximate surface area is 175 Å². The highest BCUT2D eigenvalue weighted by Crippen LogP contribution is 2.30. The van der Waals surface area contributed by atoms with E-state index >= 15 is 0 Å². The molecule has 0 fully saturated rings. The van der Waals surface area contributed by atoms with E-state index in [-0.39, 0.29) is 12.5 Å². The molecule has 0 saturated heterocycles. The first-order valence-electron chi connectivity index (χ1n) is 9.10. The number of thiazole rings is 2. The van der Waals surface area contributed by atoms with E-state index in [9.17, 15) is 4.79 Å². The molecule has 3 aromatic carbocycles. The minimum Gasteiger partial charge on any atom is -0.352 e. The molecule has 2 aromatic heterocycles. The number of nitrogens with one attached hydrogen (secondary N) is 2. The van der Waals surface area contributed by atoms with Crippen LogP contribution in [0.1, 0.15) is 0 Å². The highest BCUT2D eigenvalue weighted by Gasteiger charge is 2.08. The lowest BCUT2D eigenvalue weighted by Gasteiger charge is -2.06. The Hall–Kier alpha value is -3.29. The molecule has 0 aliphatic heterocycles. The maximum absolute atomic E-state index is 12.3. The quantitative estimate of drug-likeness (QED) is 0.390. The summed E-state index contributed by atoms with van der Waals surface area (Å²) in [5.41, 5.74) is 3.74. The smallest absolute Gasteiger partial charge is 0.243 e. The van der Waals surface area contributed by atoms with Crippen molar-refractivity contribution in [1.82, 2.24) is 9.97 Å². The molecule has 29 heavy (non-hydrogen) atoms. The molecule has 0 aliphatic rings. The summed E-state index contributed by atoms with van der Waals surface area (Å²) >= 11 is 3.20. The molecule has 2 N–H and O–H groups in total. The summed E-state index contributed by atoms with van der Waals surface area (Å²) < 4.78 is 2.27. The predicted octanol–water partition coefficient (Wildman–Crippen LogP) is 5.62. The lowest BCUT2D eigenvalue weighted by Crippen LogP contribution is -2.21. The second-order valence-corrected chi connectivity index (χ2v) is 8.51. The van der Waals surface area contributed by atoms with E-state index < -0.39 is 0 Å². The lowest BCUT2D eigenvalue weighted by molar-refractivity contribution is -0.114.